The molecule has 0 unspecified atom stereocenters. The van der Waals surface area contributed by atoms with Crippen LogP contribution in [0.1, 0.15) is 11.1 Å². The van der Waals surface area contributed by atoms with E-state index in [9.17, 15) is 13.2 Å². The third kappa shape index (κ3) is 7.09. The minimum absolute atomic E-state index is 0.0264. The SMILES string of the molecule is COCCN(CCOC)CC(=O)Nc1cc(S(N)(=O)=O)cc(C)c1C. The molecule has 8 nitrogen and oxygen atoms in total. The van der Waals surface area contributed by atoms with Crippen molar-refractivity contribution in [2.24, 2.45) is 5.14 Å². The normalized spacial score (nSPS) is 11.8. The average molecular weight is 373 g/mol. The molecule has 0 saturated heterocycles. The highest BCUT2D eigenvalue weighted by atomic mass is 32.2. The van der Waals surface area contributed by atoms with Gasteiger partial charge in [-0.05, 0) is 37.1 Å². The number of ether oxygens (including phenoxy) is 2. The number of aryl methyl sites for hydroxylation is 1. The van der Waals surface area contributed by atoms with E-state index in [1.54, 1.807) is 21.1 Å². The standard InChI is InChI=1S/C16H27N3O5S/c1-12-9-14(25(17,21)22)10-15(13(12)2)18-16(20)11-19(5-7-23-3)6-8-24-4/h9-10H,5-8,11H2,1-4H3,(H,18,20)(H2,17,21,22). The van der Waals surface area contributed by atoms with Gasteiger partial charge in [0.15, 0.2) is 0 Å². The molecule has 0 heterocycles. The zero-order chi connectivity index (χ0) is 19.0. The summed E-state index contributed by atoms with van der Waals surface area (Å²) in [4.78, 5) is 14.2. The average Bonchev–Trinajstić information content (AvgIpc) is 2.53. The number of sulfonamides is 1. The van der Waals surface area contributed by atoms with Gasteiger partial charge in [0.05, 0.1) is 24.7 Å². The van der Waals surface area contributed by atoms with Gasteiger partial charge in [-0.2, -0.15) is 0 Å². The quantitative estimate of drug-likeness (QED) is 0.617. The van der Waals surface area contributed by atoms with E-state index in [1.165, 1.54) is 12.1 Å². The van der Waals surface area contributed by atoms with Gasteiger partial charge in [0, 0.05) is 33.0 Å². The minimum atomic E-state index is -3.84. The van der Waals surface area contributed by atoms with Crippen LogP contribution in [-0.2, 0) is 24.3 Å². The summed E-state index contributed by atoms with van der Waals surface area (Å²) < 4.78 is 33.2. The van der Waals surface area contributed by atoms with Crippen molar-refractivity contribution in [1.82, 2.24) is 4.90 Å². The molecule has 1 aromatic carbocycles. The predicted octanol–water partition coefficient (Wildman–Crippen LogP) is 0.484. The number of rotatable bonds is 10. The maximum atomic E-state index is 12.4. The molecule has 1 aromatic rings. The lowest BCUT2D eigenvalue weighted by atomic mass is 10.1. The van der Waals surface area contributed by atoms with Crippen molar-refractivity contribution in [3.8, 4) is 0 Å². The monoisotopic (exact) mass is 373 g/mol. The summed E-state index contributed by atoms with van der Waals surface area (Å²) in [5.74, 6) is -0.249. The van der Waals surface area contributed by atoms with E-state index in [-0.39, 0.29) is 17.3 Å². The van der Waals surface area contributed by atoms with E-state index in [4.69, 9.17) is 14.6 Å². The molecule has 0 aromatic heterocycles. The molecule has 0 aliphatic heterocycles. The van der Waals surface area contributed by atoms with Crippen molar-refractivity contribution in [3.63, 3.8) is 0 Å². The zero-order valence-electron chi connectivity index (χ0n) is 15.2. The van der Waals surface area contributed by atoms with Crippen LogP contribution in [0.15, 0.2) is 17.0 Å². The van der Waals surface area contributed by atoms with E-state index >= 15 is 0 Å². The van der Waals surface area contributed by atoms with E-state index < -0.39 is 10.0 Å². The summed E-state index contributed by atoms with van der Waals surface area (Å²) in [6.45, 7) is 5.89. The molecule has 0 saturated carbocycles. The second kappa shape index (κ2) is 9.83. The molecule has 0 fully saturated rings. The number of nitrogens with one attached hydrogen (secondary N) is 1. The lowest BCUT2D eigenvalue weighted by Crippen LogP contribution is -2.37. The Morgan fingerprint density at radius 2 is 1.72 bits per heavy atom. The van der Waals surface area contributed by atoms with Gasteiger partial charge in [-0.15, -0.1) is 0 Å². The van der Waals surface area contributed by atoms with Crippen LogP contribution in [-0.4, -0.2) is 66.3 Å². The number of methoxy groups -OCH3 is 2. The maximum Gasteiger partial charge on any atom is 0.238 e. The molecule has 0 bridgehead atoms. The van der Waals surface area contributed by atoms with Gasteiger partial charge >= 0.3 is 0 Å². The highest BCUT2D eigenvalue weighted by molar-refractivity contribution is 7.89. The first-order chi connectivity index (χ1) is 11.7. The number of nitrogens with zero attached hydrogens (tertiary/aromatic N) is 1. The molecule has 0 aliphatic carbocycles. The van der Waals surface area contributed by atoms with Crippen molar-refractivity contribution in [1.29, 1.82) is 0 Å². The Kier molecular flexibility index (Phi) is 8.46. The fraction of sp³-hybridized carbons (Fsp3) is 0.562. The third-order valence-electron chi connectivity index (χ3n) is 3.83. The number of benzene rings is 1. The Hall–Kier alpha value is -1.52. The summed E-state index contributed by atoms with van der Waals surface area (Å²) in [7, 11) is -0.649. The molecule has 1 amide bonds. The highest BCUT2D eigenvalue weighted by Crippen LogP contribution is 2.23. The number of amides is 1. The molecule has 3 N–H and O–H groups in total. The molecule has 25 heavy (non-hydrogen) atoms. The second-order valence-corrected chi connectivity index (χ2v) is 7.33. The number of hydrogen-bond acceptors (Lipinski definition) is 6. The van der Waals surface area contributed by atoms with Crippen LogP contribution in [0.25, 0.3) is 0 Å². The number of primary sulfonamides is 1. The number of hydrogen-bond donors (Lipinski definition) is 2. The number of anilines is 1. The smallest absolute Gasteiger partial charge is 0.238 e. The predicted molar refractivity (Wildman–Crippen MR) is 96.1 cm³/mol. The summed E-state index contributed by atoms with van der Waals surface area (Å²) in [5, 5.41) is 7.95. The summed E-state index contributed by atoms with van der Waals surface area (Å²) in [6.07, 6.45) is 0. The Labute approximate surface area is 149 Å². The van der Waals surface area contributed by atoms with Crippen LogP contribution in [0.3, 0.4) is 0 Å². The molecule has 1 rings (SSSR count). The minimum Gasteiger partial charge on any atom is -0.383 e. The van der Waals surface area contributed by atoms with Gasteiger partial charge in [0.2, 0.25) is 15.9 Å². The first kappa shape index (κ1) is 21.5. The Bertz CT molecular complexity index is 683. The first-order valence-corrected chi connectivity index (χ1v) is 9.37. The van der Waals surface area contributed by atoms with Crippen molar-refractivity contribution in [3.05, 3.63) is 23.3 Å². The van der Waals surface area contributed by atoms with Crippen LogP contribution in [0.2, 0.25) is 0 Å². The molecule has 9 heteroatoms. The lowest BCUT2D eigenvalue weighted by molar-refractivity contribution is -0.117. The largest absolute Gasteiger partial charge is 0.383 e. The van der Waals surface area contributed by atoms with Crippen molar-refractivity contribution >= 4 is 21.6 Å². The van der Waals surface area contributed by atoms with Crippen LogP contribution in [0.5, 0.6) is 0 Å². The first-order valence-electron chi connectivity index (χ1n) is 7.83. The summed E-state index contributed by atoms with van der Waals surface area (Å²) >= 11 is 0. The Morgan fingerprint density at radius 3 is 2.20 bits per heavy atom. The van der Waals surface area contributed by atoms with Crippen LogP contribution >= 0.6 is 0 Å². The molecule has 0 atom stereocenters. The molecule has 142 valence electrons. The summed E-state index contributed by atoms with van der Waals surface area (Å²) in [5.41, 5.74) is 1.96. The molecule has 0 aliphatic rings. The van der Waals surface area contributed by atoms with E-state index in [0.29, 0.717) is 32.0 Å². The van der Waals surface area contributed by atoms with Crippen molar-refractivity contribution in [2.45, 2.75) is 18.7 Å². The van der Waals surface area contributed by atoms with Gasteiger partial charge in [0.25, 0.3) is 0 Å². The van der Waals surface area contributed by atoms with E-state index in [2.05, 4.69) is 5.32 Å². The van der Waals surface area contributed by atoms with Crippen molar-refractivity contribution in [2.75, 3.05) is 52.4 Å². The Morgan fingerprint density at radius 1 is 1.16 bits per heavy atom. The highest BCUT2D eigenvalue weighted by Gasteiger charge is 2.16. The number of carbonyl (C=O) groups excluding carboxylic acids is 1. The second-order valence-electron chi connectivity index (χ2n) is 5.77. The van der Waals surface area contributed by atoms with Crippen LogP contribution in [0.4, 0.5) is 5.69 Å². The maximum absolute atomic E-state index is 12.4. The van der Waals surface area contributed by atoms with Gasteiger partial charge < -0.3 is 14.8 Å². The lowest BCUT2D eigenvalue weighted by Gasteiger charge is -2.21. The van der Waals surface area contributed by atoms with Gasteiger partial charge in [-0.1, -0.05) is 0 Å². The van der Waals surface area contributed by atoms with Gasteiger partial charge in [0.1, 0.15) is 0 Å². The Balaban J connectivity index is 2.89. The summed E-state index contributed by atoms with van der Waals surface area (Å²) in [6, 6.07) is 2.87. The number of nitrogens with two attached hydrogens (primary N) is 1. The molecule has 0 spiro atoms. The molecular formula is C16H27N3O5S. The van der Waals surface area contributed by atoms with Crippen molar-refractivity contribution < 1.29 is 22.7 Å². The fourth-order valence-corrected chi connectivity index (χ4v) is 2.85. The fourth-order valence-electron chi connectivity index (χ4n) is 2.22. The number of carbonyl (C=O) groups is 1. The molecular weight excluding hydrogens is 346 g/mol. The topological polar surface area (TPSA) is 111 Å². The van der Waals surface area contributed by atoms with Gasteiger partial charge in [-0.25, -0.2) is 13.6 Å². The van der Waals surface area contributed by atoms with E-state index in [1.807, 2.05) is 11.8 Å². The molecule has 0 radical (unpaired) electrons. The third-order valence-corrected chi connectivity index (χ3v) is 4.73. The van der Waals surface area contributed by atoms with Crippen LogP contribution in [0, 0.1) is 13.8 Å². The van der Waals surface area contributed by atoms with E-state index in [0.717, 1.165) is 11.1 Å². The van der Waals surface area contributed by atoms with Crippen LogP contribution < -0.4 is 10.5 Å². The van der Waals surface area contributed by atoms with Gasteiger partial charge in [-0.3, -0.25) is 9.69 Å². The zero-order valence-corrected chi connectivity index (χ0v) is 16.0.